The Morgan fingerprint density at radius 2 is 1.54 bits per heavy atom. The fourth-order valence-corrected chi connectivity index (χ4v) is 3.01. The van der Waals surface area contributed by atoms with Crippen LogP contribution in [0.25, 0.3) is 5.76 Å². The summed E-state index contributed by atoms with van der Waals surface area (Å²) in [5.41, 5.74) is 3.44. The average Bonchev–Trinajstić information content (AvgIpc) is 2.56. The first kappa shape index (κ1) is 17.7. The number of allylic oxidation sites excluding steroid dienone is 3. The summed E-state index contributed by atoms with van der Waals surface area (Å²) in [6.07, 6.45) is 8.69. The SMILES string of the molecule is C=CCc1cc(CC=C)c2c(c1CC=C)OC(CC=C)C(O)=C2O. The van der Waals surface area contributed by atoms with Gasteiger partial charge in [0.05, 0.1) is 5.56 Å². The number of aliphatic hydroxyl groups is 2. The lowest BCUT2D eigenvalue weighted by molar-refractivity contribution is 0.162. The van der Waals surface area contributed by atoms with Crippen LogP contribution in [0.15, 0.2) is 62.4 Å². The van der Waals surface area contributed by atoms with Gasteiger partial charge in [0.1, 0.15) is 5.75 Å². The first-order chi connectivity index (χ1) is 11.6. The Labute approximate surface area is 143 Å². The molecule has 0 bridgehead atoms. The van der Waals surface area contributed by atoms with Crippen LogP contribution >= 0.6 is 0 Å². The first-order valence-electron chi connectivity index (χ1n) is 7.99. The summed E-state index contributed by atoms with van der Waals surface area (Å²) in [5, 5.41) is 20.9. The van der Waals surface area contributed by atoms with Crippen LogP contribution in [-0.2, 0) is 19.3 Å². The van der Waals surface area contributed by atoms with E-state index in [-0.39, 0.29) is 11.5 Å². The van der Waals surface area contributed by atoms with E-state index in [2.05, 4.69) is 26.3 Å². The van der Waals surface area contributed by atoms with Crippen LogP contribution in [0, 0.1) is 0 Å². The van der Waals surface area contributed by atoms with Crippen LogP contribution in [0.4, 0.5) is 0 Å². The molecule has 24 heavy (non-hydrogen) atoms. The molecule has 1 atom stereocenters. The van der Waals surface area contributed by atoms with E-state index in [1.807, 2.05) is 12.1 Å². The molecule has 3 heteroatoms. The van der Waals surface area contributed by atoms with Crippen molar-refractivity contribution in [3.8, 4) is 5.75 Å². The minimum Gasteiger partial charge on any atom is -0.505 e. The normalized spacial score (nSPS) is 16.1. The molecule has 126 valence electrons. The molecule has 1 heterocycles. The smallest absolute Gasteiger partial charge is 0.176 e. The molecule has 0 spiro atoms. The Morgan fingerprint density at radius 1 is 0.917 bits per heavy atom. The van der Waals surface area contributed by atoms with E-state index in [9.17, 15) is 10.2 Å². The number of hydrogen-bond acceptors (Lipinski definition) is 3. The highest BCUT2D eigenvalue weighted by Crippen LogP contribution is 2.42. The number of aliphatic hydroxyl groups excluding tert-OH is 2. The molecule has 0 amide bonds. The molecule has 1 aromatic carbocycles. The maximum Gasteiger partial charge on any atom is 0.176 e. The average molecular weight is 324 g/mol. The fourth-order valence-electron chi connectivity index (χ4n) is 3.01. The lowest BCUT2D eigenvalue weighted by atomic mass is 9.88. The van der Waals surface area contributed by atoms with Gasteiger partial charge in [-0.2, -0.15) is 0 Å². The highest BCUT2D eigenvalue weighted by atomic mass is 16.5. The zero-order valence-electron chi connectivity index (χ0n) is 13.9. The van der Waals surface area contributed by atoms with Gasteiger partial charge in [0.25, 0.3) is 0 Å². The van der Waals surface area contributed by atoms with E-state index in [1.54, 1.807) is 18.2 Å². The summed E-state index contributed by atoms with van der Waals surface area (Å²) in [6.45, 7) is 15.1. The summed E-state index contributed by atoms with van der Waals surface area (Å²) in [6, 6.07) is 2.02. The van der Waals surface area contributed by atoms with E-state index in [4.69, 9.17) is 4.74 Å². The molecule has 0 fully saturated rings. The van der Waals surface area contributed by atoms with Gasteiger partial charge in [-0.1, -0.05) is 30.4 Å². The lowest BCUT2D eigenvalue weighted by Gasteiger charge is -2.29. The third kappa shape index (κ3) is 3.16. The van der Waals surface area contributed by atoms with Crippen molar-refractivity contribution in [3.63, 3.8) is 0 Å². The summed E-state index contributed by atoms with van der Waals surface area (Å²) in [4.78, 5) is 0. The molecule has 3 nitrogen and oxygen atoms in total. The van der Waals surface area contributed by atoms with Gasteiger partial charge >= 0.3 is 0 Å². The number of ether oxygens (including phenoxy) is 1. The topological polar surface area (TPSA) is 49.7 Å². The van der Waals surface area contributed by atoms with Gasteiger partial charge < -0.3 is 14.9 Å². The first-order valence-corrected chi connectivity index (χ1v) is 7.99. The molecule has 2 N–H and O–H groups in total. The Balaban J connectivity index is 2.76. The molecule has 1 aliphatic heterocycles. The molecule has 1 unspecified atom stereocenters. The van der Waals surface area contributed by atoms with E-state index in [0.717, 1.165) is 16.7 Å². The summed E-state index contributed by atoms with van der Waals surface area (Å²) in [7, 11) is 0. The van der Waals surface area contributed by atoms with Gasteiger partial charge in [-0.05, 0) is 30.4 Å². The highest BCUT2D eigenvalue weighted by Gasteiger charge is 2.32. The standard InChI is InChI=1S/C21H24O3/c1-5-9-14-13-15(10-6-2)18-20(23)19(22)17(12-8-4)24-21(18)16(14)11-7-3/h5-8,13,17,22-23H,1-4,9-12H2. The van der Waals surface area contributed by atoms with Crippen molar-refractivity contribution in [1.82, 2.24) is 0 Å². The second-order valence-electron chi connectivity index (χ2n) is 5.72. The number of fused-ring (bicyclic) bond motifs is 1. The summed E-state index contributed by atoms with van der Waals surface area (Å²) >= 11 is 0. The molecule has 1 aromatic rings. The van der Waals surface area contributed by atoms with Crippen LogP contribution in [0.1, 0.15) is 28.7 Å². The maximum absolute atomic E-state index is 10.6. The van der Waals surface area contributed by atoms with Crippen molar-refractivity contribution < 1.29 is 14.9 Å². The third-order valence-electron chi connectivity index (χ3n) is 4.06. The van der Waals surface area contributed by atoms with Gasteiger partial charge in [-0.15, -0.1) is 26.3 Å². The van der Waals surface area contributed by atoms with Crippen LogP contribution < -0.4 is 4.74 Å². The number of rotatable bonds is 8. The Hall–Kier alpha value is -2.68. The Morgan fingerprint density at radius 3 is 2.12 bits per heavy atom. The number of hydrogen-bond donors (Lipinski definition) is 2. The van der Waals surface area contributed by atoms with Crippen molar-refractivity contribution in [3.05, 3.63) is 84.7 Å². The summed E-state index contributed by atoms with van der Waals surface area (Å²) in [5.74, 6) is 0.317. The van der Waals surface area contributed by atoms with Crippen LogP contribution in [0.2, 0.25) is 0 Å². The van der Waals surface area contributed by atoms with E-state index in [0.29, 0.717) is 37.0 Å². The monoisotopic (exact) mass is 324 g/mol. The zero-order valence-corrected chi connectivity index (χ0v) is 13.9. The molecule has 1 aliphatic rings. The van der Waals surface area contributed by atoms with Gasteiger partial charge in [-0.25, -0.2) is 0 Å². The molecule has 2 rings (SSSR count). The maximum atomic E-state index is 10.6. The second-order valence-corrected chi connectivity index (χ2v) is 5.72. The number of benzene rings is 1. The van der Waals surface area contributed by atoms with Crippen LogP contribution in [-0.4, -0.2) is 16.3 Å². The lowest BCUT2D eigenvalue weighted by Crippen LogP contribution is -2.26. The Bertz CT molecular complexity index is 710. The van der Waals surface area contributed by atoms with Crippen LogP contribution in [0.3, 0.4) is 0 Å². The van der Waals surface area contributed by atoms with Gasteiger partial charge in [-0.3, -0.25) is 0 Å². The van der Waals surface area contributed by atoms with Crippen molar-refractivity contribution in [2.45, 2.75) is 31.8 Å². The van der Waals surface area contributed by atoms with E-state index >= 15 is 0 Å². The minimum atomic E-state index is -0.630. The zero-order chi connectivity index (χ0) is 17.7. The van der Waals surface area contributed by atoms with Gasteiger partial charge in [0, 0.05) is 12.0 Å². The van der Waals surface area contributed by atoms with Crippen molar-refractivity contribution in [2.24, 2.45) is 0 Å². The predicted molar refractivity (Wildman–Crippen MR) is 99.6 cm³/mol. The predicted octanol–water partition coefficient (Wildman–Crippen LogP) is 4.99. The largest absolute Gasteiger partial charge is 0.505 e. The minimum absolute atomic E-state index is 0.129. The molecule has 0 saturated carbocycles. The summed E-state index contributed by atoms with van der Waals surface area (Å²) < 4.78 is 6.06. The van der Waals surface area contributed by atoms with Crippen LogP contribution in [0.5, 0.6) is 5.75 Å². The Kier molecular flexibility index (Phi) is 5.69. The molecular weight excluding hydrogens is 300 g/mol. The van der Waals surface area contributed by atoms with E-state index in [1.165, 1.54) is 0 Å². The molecule has 0 aromatic heterocycles. The van der Waals surface area contributed by atoms with E-state index < -0.39 is 6.10 Å². The fraction of sp³-hybridized carbons (Fsp3) is 0.238. The van der Waals surface area contributed by atoms with Crippen molar-refractivity contribution >= 4 is 5.76 Å². The highest BCUT2D eigenvalue weighted by molar-refractivity contribution is 5.74. The third-order valence-corrected chi connectivity index (χ3v) is 4.06. The molecule has 0 saturated heterocycles. The van der Waals surface area contributed by atoms with Crippen molar-refractivity contribution in [2.75, 3.05) is 0 Å². The van der Waals surface area contributed by atoms with Gasteiger partial charge in [0.2, 0.25) is 0 Å². The molecule has 0 aliphatic carbocycles. The molecule has 0 radical (unpaired) electrons. The quantitative estimate of drug-likeness (QED) is 0.662. The molecular formula is C21H24O3. The van der Waals surface area contributed by atoms with Crippen molar-refractivity contribution in [1.29, 1.82) is 0 Å². The van der Waals surface area contributed by atoms with Gasteiger partial charge in [0.15, 0.2) is 17.6 Å². The second kappa shape index (κ2) is 7.73.